The molecule has 0 N–H and O–H groups in total. The van der Waals surface area contributed by atoms with E-state index in [9.17, 15) is 9.18 Å². The van der Waals surface area contributed by atoms with E-state index in [0.717, 1.165) is 19.3 Å². The Kier molecular flexibility index (Phi) is 2.47. The van der Waals surface area contributed by atoms with Gasteiger partial charge in [0, 0.05) is 23.0 Å². The van der Waals surface area contributed by atoms with Crippen LogP contribution in [0.4, 0.5) is 4.39 Å². The summed E-state index contributed by atoms with van der Waals surface area (Å²) < 4.78 is 19.5. The summed E-state index contributed by atoms with van der Waals surface area (Å²) in [6.45, 7) is 2.13. The standard InChI is InChI=1S/C15H17FO2/c1-3-9-8-15(9)7-6-11(17)10-4-5-12(18-2)14(16)13(10)15/h4-5,9H,3,6-8H2,1-2H3. The van der Waals surface area contributed by atoms with Gasteiger partial charge in [-0.15, -0.1) is 0 Å². The number of ether oxygens (including phenoxy) is 1. The van der Waals surface area contributed by atoms with E-state index in [1.165, 1.54) is 7.11 Å². The van der Waals surface area contributed by atoms with Gasteiger partial charge in [0.15, 0.2) is 17.3 Å². The minimum atomic E-state index is -0.320. The molecular formula is C15H17FO2. The number of methoxy groups -OCH3 is 1. The summed E-state index contributed by atoms with van der Waals surface area (Å²) in [4.78, 5) is 11.9. The second kappa shape index (κ2) is 3.81. The summed E-state index contributed by atoms with van der Waals surface area (Å²) in [5.41, 5.74) is 1.12. The lowest BCUT2D eigenvalue weighted by atomic mass is 9.77. The van der Waals surface area contributed by atoms with E-state index >= 15 is 0 Å². The molecule has 2 nitrogen and oxygen atoms in total. The highest BCUT2D eigenvalue weighted by Crippen LogP contribution is 2.62. The van der Waals surface area contributed by atoms with E-state index in [1.54, 1.807) is 12.1 Å². The first-order valence-corrected chi connectivity index (χ1v) is 6.54. The van der Waals surface area contributed by atoms with Crippen molar-refractivity contribution in [3.05, 3.63) is 29.1 Å². The summed E-state index contributed by atoms with van der Waals surface area (Å²) in [6.07, 6.45) is 3.40. The summed E-state index contributed by atoms with van der Waals surface area (Å²) in [5.74, 6) is 0.522. The largest absolute Gasteiger partial charge is 0.494 e. The lowest BCUT2D eigenvalue weighted by Gasteiger charge is -2.27. The first kappa shape index (κ1) is 11.7. The molecule has 0 radical (unpaired) electrons. The molecule has 3 heteroatoms. The topological polar surface area (TPSA) is 26.3 Å². The van der Waals surface area contributed by atoms with Crippen molar-refractivity contribution < 1.29 is 13.9 Å². The van der Waals surface area contributed by atoms with Crippen LogP contribution in [0.1, 0.15) is 48.5 Å². The quantitative estimate of drug-likeness (QED) is 0.801. The maximum absolute atomic E-state index is 14.5. The van der Waals surface area contributed by atoms with Crippen molar-refractivity contribution in [3.8, 4) is 5.75 Å². The number of Topliss-reactive ketones (excluding diaryl/α,β-unsaturated/α-hetero) is 1. The van der Waals surface area contributed by atoms with Crippen LogP contribution in [0.2, 0.25) is 0 Å². The Labute approximate surface area is 106 Å². The van der Waals surface area contributed by atoms with Gasteiger partial charge >= 0.3 is 0 Å². The third-order valence-electron chi connectivity index (χ3n) is 4.65. The van der Waals surface area contributed by atoms with E-state index < -0.39 is 0 Å². The van der Waals surface area contributed by atoms with Crippen LogP contribution in [-0.4, -0.2) is 12.9 Å². The van der Waals surface area contributed by atoms with Crippen LogP contribution in [-0.2, 0) is 5.41 Å². The smallest absolute Gasteiger partial charge is 0.169 e. The van der Waals surface area contributed by atoms with Crippen molar-refractivity contribution in [1.29, 1.82) is 0 Å². The van der Waals surface area contributed by atoms with Gasteiger partial charge < -0.3 is 4.74 Å². The number of hydrogen-bond acceptors (Lipinski definition) is 2. The Hall–Kier alpha value is -1.38. The van der Waals surface area contributed by atoms with Crippen LogP contribution in [0.3, 0.4) is 0 Å². The zero-order valence-corrected chi connectivity index (χ0v) is 10.8. The molecule has 96 valence electrons. The van der Waals surface area contributed by atoms with Crippen molar-refractivity contribution in [3.63, 3.8) is 0 Å². The maximum atomic E-state index is 14.5. The van der Waals surface area contributed by atoms with E-state index in [4.69, 9.17) is 4.74 Å². The number of carbonyl (C=O) groups excluding carboxylic acids is 1. The van der Waals surface area contributed by atoms with Gasteiger partial charge in [-0.3, -0.25) is 4.79 Å². The summed E-state index contributed by atoms with van der Waals surface area (Å²) in [5, 5.41) is 0. The molecule has 2 aliphatic carbocycles. The Balaban J connectivity index is 2.19. The van der Waals surface area contributed by atoms with Gasteiger partial charge in [0.25, 0.3) is 0 Å². The fourth-order valence-corrected chi connectivity index (χ4v) is 3.56. The molecule has 0 saturated heterocycles. The Morgan fingerprint density at radius 1 is 1.50 bits per heavy atom. The summed E-state index contributed by atoms with van der Waals surface area (Å²) in [7, 11) is 1.46. The van der Waals surface area contributed by atoms with E-state index in [2.05, 4.69) is 6.92 Å². The fourth-order valence-electron chi connectivity index (χ4n) is 3.56. The molecule has 0 bridgehead atoms. The highest BCUT2D eigenvalue weighted by Gasteiger charge is 2.58. The molecule has 1 saturated carbocycles. The molecule has 3 rings (SSSR count). The van der Waals surface area contributed by atoms with Crippen molar-refractivity contribution in [2.75, 3.05) is 7.11 Å². The van der Waals surface area contributed by atoms with Crippen LogP contribution in [0, 0.1) is 11.7 Å². The first-order valence-electron chi connectivity index (χ1n) is 6.54. The number of hydrogen-bond donors (Lipinski definition) is 0. The first-order chi connectivity index (χ1) is 8.64. The second-order valence-electron chi connectivity index (χ2n) is 5.39. The molecule has 1 aromatic carbocycles. The number of ketones is 1. The molecule has 1 spiro atoms. The molecule has 2 aliphatic rings. The molecular weight excluding hydrogens is 231 g/mol. The highest BCUT2D eigenvalue weighted by atomic mass is 19.1. The Bertz CT molecular complexity index is 523. The van der Waals surface area contributed by atoms with Crippen LogP contribution < -0.4 is 4.74 Å². The summed E-state index contributed by atoms with van der Waals surface area (Å²) in [6, 6.07) is 3.29. The Morgan fingerprint density at radius 2 is 2.28 bits per heavy atom. The number of benzene rings is 1. The molecule has 2 unspecified atom stereocenters. The average Bonchev–Trinajstić information content (AvgIpc) is 3.08. The molecule has 2 atom stereocenters. The molecule has 1 fully saturated rings. The van der Waals surface area contributed by atoms with Gasteiger partial charge in [0.1, 0.15) is 0 Å². The van der Waals surface area contributed by atoms with Crippen LogP contribution in [0.15, 0.2) is 12.1 Å². The second-order valence-corrected chi connectivity index (χ2v) is 5.39. The average molecular weight is 248 g/mol. The lowest BCUT2D eigenvalue weighted by molar-refractivity contribution is 0.0961. The van der Waals surface area contributed by atoms with E-state index in [-0.39, 0.29) is 22.8 Å². The monoisotopic (exact) mass is 248 g/mol. The predicted molar refractivity (Wildman–Crippen MR) is 66.6 cm³/mol. The van der Waals surface area contributed by atoms with Gasteiger partial charge in [-0.2, -0.15) is 0 Å². The number of rotatable bonds is 2. The molecule has 0 heterocycles. The third kappa shape index (κ3) is 1.36. The third-order valence-corrected chi connectivity index (χ3v) is 4.65. The summed E-state index contributed by atoms with van der Waals surface area (Å²) >= 11 is 0. The predicted octanol–water partition coefficient (Wildman–Crippen LogP) is 3.48. The number of carbonyl (C=O) groups is 1. The highest BCUT2D eigenvalue weighted by molar-refractivity contribution is 5.99. The van der Waals surface area contributed by atoms with Crippen molar-refractivity contribution >= 4 is 5.78 Å². The zero-order chi connectivity index (χ0) is 12.9. The van der Waals surface area contributed by atoms with Crippen LogP contribution in [0.25, 0.3) is 0 Å². The Morgan fingerprint density at radius 3 is 2.89 bits per heavy atom. The van der Waals surface area contributed by atoms with Crippen molar-refractivity contribution in [2.24, 2.45) is 5.92 Å². The molecule has 0 aliphatic heterocycles. The normalized spacial score (nSPS) is 29.3. The minimum absolute atomic E-state index is 0.0685. The maximum Gasteiger partial charge on any atom is 0.169 e. The lowest BCUT2D eigenvalue weighted by Crippen LogP contribution is -2.24. The zero-order valence-electron chi connectivity index (χ0n) is 10.8. The van der Waals surface area contributed by atoms with Crippen LogP contribution in [0.5, 0.6) is 5.75 Å². The molecule has 0 amide bonds. The van der Waals surface area contributed by atoms with Gasteiger partial charge in [-0.05, 0) is 30.9 Å². The van der Waals surface area contributed by atoms with E-state index in [0.29, 0.717) is 23.5 Å². The molecule has 1 aromatic rings. The van der Waals surface area contributed by atoms with Gasteiger partial charge in [0.05, 0.1) is 7.11 Å². The van der Waals surface area contributed by atoms with Crippen molar-refractivity contribution in [1.82, 2.24) is 0 Å². The SMILES string of the molecule is CCC1CC12CCC(=O)c1ccc(OC)c(F)c12. The number of fused-ring (bicyclic) bond motifs is 2. The van der Waals surface area contributed by atoms with Crippen molar-refractivity contribution in [2.45, 2.75) is 38.0 Å². The minimum Gasteiger partial charge on any atom is -0.494 e. The van der Waals surface area contributed by atoms with Crippen LogP contribution >= 0.6 is 0 Å². The van der Waals surface area contributed by atoms with Gasteiger partial charge in [-0.1, -0.05) is 13.3 Å². The van der Waals surface area contributed by atoms with E-state index in [1.807, 2.05) is 0 Å². The van der Waals surface area contributed by atoms with Gasteiger partial charge in [0.2, 0.25) is 0 Å². The van der Waals surface area contributed by atoms with Gasteiger partial charge in [-0.25, -0.2) is 4.39 Å². The fraction of sp³-hybridized carbons (Fsp3) is 0.533. The molecule has 18 heavy (non-hydrogen) atoms. The number of halogens is 1. The molecule has 0 aromatic heterocycles.